The first-order valence-corrected chi connectivity index (χ1v) is 9.17. The van der Waals surface area contributed by atoms with Gasteiger partial charge < -0.3 is 10.6 Å². The number of amides is 1. The number of rotatable bonds is 5. The maximum Gasteiger partial charge on any atom is 0.237 e. The number of nitrogens with zero attached hydrogens (tertiary/aromatic N) is 1. The van der Waals surface area contributed by atoms with Crippen LogP contribution in [0.15, 0.2) is 18.2 Å². The van der Waals surface area contributed by atoms with E-state index in [0.717, 1.165) is 45.3 Å². The molecule has 0 aliphatic carbocycles. The Labute approximate surface area is 147 Å². The molecular formula is C18H25ClFN3O. The van der Waals surface area contributed by atoms with E-state index in [9.17, 15) is 9.18 Å². The summed E-state index contributed by atoms with van der Waals surface area (Å²) in [6, 6.07) is 5.13. The molecule has 2 aliphatic heterocycles. The molecule has 2 unspecified atom stereocenters. The summed E-state index contributed by atoms with van der Waals surface area (Å²) in [5, 5.41) is 6.47. The molecule has 0 radical (unpaired) electrons. The van der Waals surface area contributed by atoms with Gasteiger partial charge in [-0.2, -0.15) is 0 Å². The third kappa shape index (κ3) is 4.47. The molecule has 0 spiro atoms. The minimum atomic E-state index is -0.318. The molecule has 0 saturated carbocycles. The van der Waals surface area contributed by atoms with Crippen LogP contribution in [0, 0.1) is 11.7 Å². The van der Waals surface area contributed by atoms with Crippen LogP contribution >= 0.6 is 11.6 Å². The number of hydrogen-bond acceptors (Lipinski definition) is 3. The number of halogens is 2. The van der Waals surface area contributed by atoms with Gasteiger partial charge in [-0.1, -0.05) is 23.7 Å². The molecule has 0 aromatic heterocycles. The maximum absolute atomic E-state index is 14.1. The van der Waals surface area contributed by atoms with Gasteiger partial charge in [0.2, 0.25) is 5.91 Å². The average Bonchev–Trinajstić information content (AvgIpc) is 3.12. The molecule has 4 nitrogen and oxygen atoms in total. The average molecular weight is 354 g/mol. The van der Waals surface area contributed by atoms with E-state index in [2.05, 4.69) is 15.5 Å². The summed E-state index contributed by atoms with van der Waals surface area (Å²) in [4.78, 5) is 14.3. The normalized spacial score (nSPS) is 24.9. The van der Waals surface area contributed by atoms with Crippen molar-refractivity contribution in [2.24, 2.45) is 5.92 Å². The second-order valence-corrected chi connectivity index (χ2v) is 7.26. The second kappa shape index (κ2) is 8.28. The van der Waals surface area contributed by atoms with Crippen LogP contribution in [-0.4, -0.2) is 43.0 Å². The number of likely N-dealkylation sites (tertiary alicyclic amines) is 1. The van der Waals surface area contributed by atoms with Crippen LogP contribution in [-0.2, 0) is 11.3 Å². The number of carbonyl (C=O) groups is 1. The summed E-state index contributed by atoms with van der Waals surface area (Å²) in [5.41, 5.74) is 0.641. The van der Waals surface area contributed by atoms with E-state index in [1.165, 1.54) is 0 Å². The van der Waals surface area contributed by atoms with Gasteiger partial charge in [-0.05, 0) is 50.8 Å². The molecule has 1 amide bonds. The summed E-state index contributed by atoms with van der Waals surface area (Å²) in [6.45, 7) is 4.04. The highest BCUT2D eigenvalue weighted by Gasteiger charge is 2.25. The van der Waals surface area contributed by atoms with Gasteiger partial charge in [-0.25, -0.2) is 4.39 Å². The molecule has 2 aliphatic rings. The maximum atomic E-state index is 14.1. The fraction of sp³-hybridized carbons (Fsp3) is 0.611. The van der Waals surface area contributed by atoms with Gasteiger partial charge in [0, 0.05) is 25.2 Å². The number of carbonyl (C=O) groups excluding carboxylic acids is 1. The van der Waals surface area contributed by atoms with E-state index in [1.54, 1.807) is 18.2 Å². The highest BCUT2D eigenvalue weighted by molar-refractivity contribution is 6.30. The van der Waals surface area contributed by atoms with Gasteiger partial charge in [0.05, 0.1) is 11.1 Å². The van der Waals surface area contributed by atoms with Gasteiger partial charge >= 0.3 is 0 Å². The summed E-state index contributed by atoms with van der Waals surface area (Å²) in [7, 11) is 0. The van der Waals surface area contributed by atoms with E-state index in [1.807, 2.05) is 0 Å². The van der Waals surface area contributed by atoms with Crippen LogP contribution in [0.5, 0.6) is 0 Å². The Hall–Kier alpha value is -1.17. The minimum Gasteiger partial charge on any atom is -0.354 e. The molecule has 2 fully saturated rings. The number of benzene rings is 1. The zero-order chi connectivity index (χ0) is 16.9. The Morgan fingerprint density at radius 3 is 3.04 bits per heavy atom. The smallest absolute Gasteiger partial charge is 0.237 e. The van der Waals surface area contributed by atoms with Crippen molar-refractivity contribution < 1.29 is 9.18 Å². The Morgan fingerprint density at radius 2 is 2.25 bits per heavy atom. The number of hydrogen-bond donors (Lipinski definition) is 2. The molecule has 1 aromatic rings. The van der Waals surface area contributed by atoms with E-state index < -0.39 is 0 Å². The summed E-state index contributed by atoms with van der Waals surface area (Å²) >= 11 is 5.86. The standard InChI is InChI=1S/C18H25ClFN3O/c19-15-6-1-5-14(17(15)20)12-23-9-3-4-13(11-23)10-22-18(24)16-7-2-8-21-16/h1,5-6,13,16,21H,2-4,7-12H2,(H,22,24). The fourth-order valence-electron chi connectivity index (χ4n) is 3.65. The molecule has 3 rings (SSSR count). The molecule has 24 heavy (non-hydrogen) atoms. The Balaban J connectivity index is 1.49. The van der Waals surface area contributed by atoms with Crippen LogP contribution in [0.4, 0.5) is 4.39 Å². The van der Waals surface area contributed by atoms with E-state index in [4.69, 9.17) is 11.6 Å². The van der Waals surface area contributed by atoms with Crippen LogP contribution < -0.4 is 10.6 Å². The molecule has 0 bridgehead atoms. The Bertz CT molecular complexity index is 577. The van der Waals surface area contributed by atoms with Crippen molar-refractivity contribution in [3.8, 4) is 0 Å². The van der Waals surface area contributed by atoms with Crippen LogP contribution in [0.3, 0.4) is 0 Å². The van der Waals surface area contributed by atoms with E-state index in [-0.39, 0.29) is 22.8 Å². The molecule has 1 aromatic carbocycles. The molecule has 2 atom stereocenters. The molecule has 2 N–H and O–H groups in total. The first kappa shape index (κ1) is 17.6. The van der Waals surface area contributed by atoms with Crippen molar-refractivity contribution in [2.75, 3.05) is 26.2 Å². The largest absolute Gasteiger partial charge is 0.354 e. The quantitative estimate of drug-likeness (QED) is 0.855. The minimum absolute atomic E-state index is 0.0229. The van der Waals surface area contributed by atoms with Gasteiger partial charge in [0.15, 0.2) is 0 Å². The summed E-state index contributed by atoms with van der Waals surface area (Å²) in [5.74, 6) is 0.221. The Morgan fingerprint density at radius 1 is 1.38 bits per heavy atom. The lowest BCUT2D eigenvalue weighted by Gasteiger charge is -2.33. The van der Waals surface area contributed by atoms with Gasteiger partial charge in [-0.15, -0.1) is 0 Å². The Kier molecular flexibility index (Phi) is 6.09. The lowest BCUT2D eigenvalue weighted by Crippen LogP contribution is -2.45. The topological polar surface area (TPSA) is 44.4 Å². The highest BCUT2D eigenvalue weighted by atomic mass is 35.5. The molecule has 6 heteroatoms. The second-order valence-electron chi connectivity index (χ2n) is 6.85. The first-order chi connectivity index (χ1) is 11.6. The molecule has 132 valence electrons. The monoisotopic (exact) mass is 353 g/mol. The molecular weight excluding hydrogens is 329 g/mol. The summed E-state index contributed by atoms with van der Waals surface area (Å²) in [6.07, 6.45) is 4.18. The third-order valence-corrected chi connectivity index (χ3v) is 5.26. The van der Waals surface area contributed by atoms with Gasteiger partial charge in [-0.3, -0.25) is 9.69 Å². The number of nitrogens with one attached hydrogen (secondary N) is 2. The van der Waals surface area contributed by atoms with Crippen molar-refractivity contribution in [1.82, 2.24) is 15.5 Å². The van der Waals surface area contributed by atoms with Gasteiger partial charge in [0.25, 0.3) is 0 Å². The van der Waals surface area contributed by atoms with Crippen molar-refractivity contribution in [1.29, 1.82) is 0 Å². The first-order valence-electron chi connectivity index (χ1n) is 8.80. The SMILES string of the molecule is O=C(NCC1CCCN(Cc2cccc(Cl)c2F)C1)C1CCCN1. The van der Waals surface area contributed by atoms with Crippen LogP contribution in [0.1, 0.15) is 31.2 Å². The fourth-order valence-corrected chi connectivity index (χ4v) is 3.84. The van der Waals surface area contributed by atoms with Crippen molar-refractivity contribution in [3.05, 3.63) is 34.6 Å². The van der Waals surface area contributed by atoms with Crippen molar-refractivity contribution in [3.63, 3.8) is 0 Å². The van der Waals surface area contributed by atoms with E-state index >= 15 is 0 Å². The predicted molar refractivity (Wildman–Crippen MR) is 93.4 cm³/mol. The van der Waals surface area contributed by atoms with Gasteiger partial charge in [0.1, 0.15) is 5.82 Å². The van der Waals surface area contributed by atoms with Crippen LogP contribution in [0.25, 0.3) is 0 Å². The number of piperidine rings is 1. The molecule has 2 saturated heterocycles. The predicted octanol–water partition coefficient (Wildman–Crippen LogP) is 2.56. The van der Waals surface area contributed by atoms with Crippen molar-refractivity contribution in [2.45, 2.75) is 38.3 Å². The zero-order valence-corrected chi connectivity index (χ0v) is 14.6. The van der Waals surface area contributed by atoms with E-state index in [0.29, 0.717) is 24.6 Å². The third-order valence-electron chi connectivity index (χ3n) is 4.97. The lowest BCUT2D eigenvalue weighted by atomic mass is 9.97. The summed E-state index contributed by atoms with van der Waals surface area (Å²) < 4.78 is 14.1. The highest BCUT2D eigenvalue weighted by Crippen LogP contribution is 2.22. The molecule has 2 heterocycles. The van der Waals surface area contributed by atoms with Crippen molar-refractivity contribution >= 4 is 17.5 Å². The van der Waals surface area contributed by atoms with Crippen LogP contribution in [0.2, 0.25) is 5.02 Å². The zero-order valence-electron chi connectivity index (χ0n) is 13.9. The lowest BCUT2D eigenvalue weighted by molar-refractivity contribution is -0.123.